The SMILES string of the molecule is CC1[C@@H]2CC3CC3[C@@H]2CN1C. The first kappa shape index (κ1) is 6.47. The lowest BCUT2D eigenvalue weighted by atomic mass is 9.90. The van der Waals surface area contributed by atoms with Crippen molar-refractivity contribution in [1.82, 2.24) is 4.90 Å². The quantitative estimate of drug-likeness (QED) is 0.508. The van der Waals surface area contributed by atoms with Gasteiger partial charge < -0.3 is 4.90 Å². The Kier molecular flexibility index (Phi) is 1.07. The van der Waals surface area contributed by atoms with Crippen LogP contribution in [0.5, 0.6) is 0 Å². The number of hydrogen-bond donors (Lipinski definition) is 0. The topological polar surface area (TPSA) is 3.24 Å². The van der Waals surface area contributed by atoms with Gasteiger partial charge in [-0.05, 0) is 50.5 Å². The zero-order chi connectivity index (χ0) is 7.59. The molecule has 0 aromatic heterocycles. The van der Waals surface area contributed by atoms with Crippen LogP contribution in [0.4, 0.5) is 0 Å². The van der Waals surface area contributed by atoms with Crippen LogP contribution in [0.3, 0.4) is 0 Å². The lowest BCUT2D eigenvalue weighted by molar-refractivity contribution is 0.282. The molecule has 1 heterocycles. The van der Waals surface area contributed by atoms with Gasteiger partial charge in [0.05, 0.1) is 0 Å². The number of rotatable bonds is 0. The van der Waals surface area contributed by atoms with Crippen molar-refractivity contribution < 1.29 is 0 Å². The molecule has 1 nitrogen and oxygen atoms in total. The molecule has 2 saturated carbocycles. The lowest BCUT2D eigenvalue weighted by Gasteiger charge is -2.19. The first-order chi connectivity index (χ1) is 5.27. The van der Waals surface area contributed by atoms with Gasteiger partial charge in [0.2, 0.25) is 0 Å². The van der Waals surface area contributed by atoms with Crippen molar-refractivity contribution in [3.05, 3.63) is 0 Å². The summed E-state index contributed by atoms with van der Waals surface area (Å²) in [7, 11) is 2.29. The molecule has 0 N–H and O–H groups in total. The molecule has 1 heteroatoms. The van der Waals surface area contributed by atoms with Crippen LogP contribution in [-0.4, -0.2) is 24.5 Å². The summed E-state index contributed by atoms with van der Waals surface area (Å²) >= 11 is 0. The molecule has 5 atom stereocenters. The third-order valence-electron chi connectivity index (χ3n) is 4.47. The van der Waals surface area contributed by atoms with E-state index in [4.69, 9.17) is 0 Å². The third kappa shape index (κ3) is 0.703. The first-order valence-corrected chi connectivity index (χ1v) is 4.97. The van der Waals surface area contributed by atoms with Crippen molar-refractivity contribution in [3.8, 4) is 0 Å². The molecule has 0 aromatic rings. The molecule has 0 radical (unpaired) electrons. The Labute approximate surface area is 68.8 Å². The molecule has 0 spiro atoms. The largest absolute Gasteiger partial charge is 0.303 e. The summed E-state index contributed by atoms with van der Waals surface area (Å²) in [6.45, 7) is 3.81. The maximum atomic E-state index is 2.56. The molecular weight excluding hydrogens is 134 g/mol. The molecule has 62 valence electrons. The summed E-state index contributed by atoms with van der Waals surface area (Å²) in [5, 5.41) is 0. The normalized spacial score (nSPS) is 61.1. The predicted molar refractivity (Wildman–Crippen MR) is 45.3 cm³/mol. The Morgan fingerprint density at radius 1 is 1.09 bits per heavy atom. The van der Waals surface area contributed by atoms with E-state index in [2.05, 4.69) is 18.9 Å². The maximum absolute atomic E-state index is 2.56. The van der Waals surface area contributed by atoms with Gasteiger partial charge >= 0.3 is 0 Å². The van der Waals surface area contributed by atoms with E-state index in [-0.39, 0.29) is 0 Å². The fourth-order valence-corrected chi connectivity index (χ4v) is 3.56. The molecule has 3 fully saturated rings. The molecule has 11 heavy (non-hydrogen) atoms. The van der Waals surface area contributed by atoms with Crippen LogP contribution in [0.1, 0.15) is 19.8 Å². The van der Waals surface area contributed by atoms with Gasteiger partial charge in [-0.25, -0.2) is 0 Å². The highest BCUT2D eigenvalue weighted by molar-refractivity contribution is 5.08. The molecule has 3 unspecified atom stereocenters. The molecule has 1 saturated heterocycles. The van der Waals surface area contributed by atoms with E-state index in [0.29, 0.717) is 0 Å². The van der Waals surface area contributed by atoms with E-state index in [9.17, 15) is 0 Å². The summed E-state index contributed by atoms with van der Waals surface area (Å²) < 4.78 is 0. The van der Waals surface area contributed by atoms with Crippen molar-refractivity contribution in [3.63, 3.8) is 0 Å². The first-order valence-electron chi connectivity index (χ1n) is 4.97. The van der Waals surface area contributed by atoms with E-state index in [1.54, 1.807) is 12.8 Å². The molecule has 0 bridgehead atoms. The monoisotopic (exact) mass is 151 g/mol. The van der Waals surface area contributed by atoms with Crippen LogP contribution >= 0.6 is 0 Å². The summed E-state index contributed by atoms with van der Waals surface area (Å²) in [5.74, 6) is 4.50. The van der Waals surface area contributed by atoms with Gasteiger partial charge in [0.1, 0.15) is 0 Å². The van der Waals surface area contributed by atoms with Gasteiger partial charge in [-0.1, -0.05) is 0 Å². The van der Waals surface area contributed by atoms with Gasteiger partial charge in [-0.2, -0.15) is 0 Å². The number of nitrogens with zero attached hydrogens (tertiary/aromatic N) is 1. The van der Waals surface area contributed by atoms with Crippen LogP contribution < -0.4 is 0 Å². The van der Waals surface area contributed by atoms with Crippen LogP contribution in [-0.2, 0) is 0 Å². The van der Waals surface area contributed by atoms with Crippen LogP contribution in [0, 0.1) is 23.7 Å². The predicted octanol–water partition coefficient (Wildman–Crippen LogP) is 1.59. The Balaban J connectivity index is 1.85. The highest BCUT2D eigenvalue weighted by atomic mass is 15.2. The molecule has 1 aliphatic heterocycles. The van der Waals surface area contributed by atoms with Crippen LogP contribution in [0.25, 0.3) is 0 Å². The fourth-order valence-electron chi connectivity index (χ4n) is 3.56. The van der Waals surface area contributed by atoms with E-state index in [1.165, 1.54) is 12.5 Å². The van der Waals surface area contributed by atoms with E-state index >= 15 is 0 Å². The Bertz CT molecular complexity index is 189. The Morgan fingerprint density at radius 3 is 2.55 bits per heavy atom. The zero-order valence-corrected chi connectivity index (χ0v) is 7.46. The van der Waals surface area contributed by atoms with Crippen molar-refractivity contribution in [2.45, 2.75) is 25.8 Å². The maximum Gasteiger partial charge on any atom is 0.00955 e. The summed E-state index contributed by atoms with van der Waals surface area (Å²) in [6, 6.07) is 0.882. The third-order valence-corrected chi connectivity index (χ3v) is 4.47. The van der Waals surface area contributed by atoms with Crippen LogP contribution in [0.15, 0.2) is 0 Å². The number of fused-ring (bicyclic) bond motifs is 3. The highest BCUT2D eigenvalue weighted by Crippen LogP contribution is 2.61. The van der Waals surface area contributed by atoms with E-state index in [0.717, 1.165) is 23.8 Å². The van der Waals surface area contributed by atoms with Crippen molar-refractivity contribution in [2.24, 2.45) is 23.7 Å². The second kappa shape index (κ2) is 1.82. The fraction of sp³-hybridized carbons (Fsp3) is 1.00. The number of likely N-dealkylation sites (tertiary alicyclic amines) is 1. The molecule has 0 amide bonds. The minimum absolute atomic E-state index is 0.882. The van der Waals surface area contributed by atoms with Crippen molar-refractivity contribution in [2.75, 3.05) is 13.6 Å². The van der Waals surface area contributed by atoms with Gasteiger partial charge in [0.25, 0.3) is 0 Å². The average molecular weight is 151 g/mol. The average Bonchev–Trinajstić information content (AvgIpc) is 2.59. The van der Waals surface area contributed by atoms with Gasteiger partial charge in [0, 0.05) is 12.6 Å². The minimum atomic E-state index is 0.882. The standard InChI is InChI=1S/C10H17N/c1-6-8-3-7-4-9(7)10(8)5-11(6)2/h6-10H,3-5H2,1-2H3/t6?,7?,8-,9?,10+/m0/s1. The smallest absolute Gasteiger partial charge is 0.00955 e. The molecule has 3 aliphatic rings. The van der Waals surface area contributed by atoms with E-state index in [1.807, 2.05) is 0 Å². The van der Waals surface area contributed by atoms with Crippen molar-refractivity contribution in [1.29, 1.82) is 0 Å². The Morgan fingerprint density at radius 2 is 1.82 bits per heavy atom. The van der Waals surface area contributed by atoms with E-state index < -0.39 is 0 Å². The van der Waals surface area contributed by atoms with Gasteiger partial charge in [0.15, 0.2) is 0 Å². The lowest BCUT2D eigenvalue weighted by Crippen LogP contribution is -2.25. The van der Waals surface area contributed by atoms with Gasteiger partial charge in [-0.3, -0.25) is 0 Å². The van der Waals surface area contributed by atoms with Gasteiger partial charge in [-0.15, -0.1) is 0 Å². The Hall–Kier alpha value is -0.0400. The second-order valence-electron chi connectivity index (χ2n) is 4.90. The second-order valence-corrected chi connectivity index (χ2v) is 4.90. The molecule has 0 aromatic carbocycles. The summed E-state index contributed by atoms with van der Waals surface area (Å²) in [4.78, 5) is 2.56. The number of hydrogen-bond acceptors (Lipinski definition) is 1. The zero-order valence-electron chi connectivity index (χ0n) is 7.46. The highest BCUT2D eigenvalue weighted by Gasteiger charge is 2.57. The summed E-state index contributed by atoms with van der Waals surface area (Å²) in [6.07, 6.45) is 3.13. The molecule has 2 aliphatic carbocycles. The minimum Gasteiger partial charge on any atom is -0.303 e. The van der Waals surface area contributed by atoms with Crippen molar-refractivity contribution >= 4 is 0 Å². The molecule has 3 rings (SSSR count). The molecular formula is C10H17N. The summed E-state index contributed by atoms with van der Waals surface area (Å²) in [5.41, 5.74) is 0. The van der Waals surface area contributed by atoms with Crippen LogP contribution in [0.2, 0.25) is 0 Å².